The van der Waals surface area contributed by atoms with Crippen LogP contribution in [0.5, 0.6) is 5.75 Å². The normalized spacial score (nSPS) is 20.7. The Kier molecular flexibility index (Phi) is 7.55. The van der Waals surface area contributed by atoms with Crippen LogP contribution in [0.25, 0.3) is 0 Å². The predicted octanol–water partition coefficient (Wildman–Crippen LogP) is 5.21. The first-order valence-electron chi connectivity index (χ1n) is 9.10. The van der Waals surface area contributed by atoms with E-state index < -0.39 is 0 Å². The molecule has 0 aliphatic heterocycles. The van der Waals surface area contributed by atoms with E-state index in [9.17, 15) is 4.79 Å². The van der Waals surface area contributed by atoms with Gasteiger partial charge in [0.1, 0.15) is 5.75 Å². The maximum Gasteiger partial charge on any atom is 0.314 e. The van der Waals surface area contributed by atoms with Crippen molar-refractivity contribution in [2.75, 3.05) is 0 Å². The molecule has 1 aliphatic carbocycles. The number of ether oxygens (including phenoxy) is 1. The van der Waals surface area contributed by atoms with E-state index in [0.29, 0.717) is 11.7 Å². The third-order valence-electron chi connectivity index (χ3n) is 4.76. The number of unbranched alkanes of at least 4 members (excludes halogenated alkanes) is 2. The predicted molar refractivity (Wildman–Crippen MR) is 95.5 cm³/mol. The van der Waals surface area contributed by atoms with E-state index in [1.807, 2.05) is 24.3 Å². The first-order chi connectivity index (χ1) is 11.7. The fourth-order valence-electron chi connectivity index (χ4n) is 3.23. The number of carbonyl (C=O) groups is 1. The molecule has 0 amide bonds. The van der Waals surface area contributed by atoms with Gasteiger partial charge in [0.15, 0.2) is 0 Å². The molecule has 0 heterocycles. The molecule has 0 spiro atoms. The van der Waals surface area contributed by atoms with Gasteiger partial charge in [0, 0.05) is 6.08 Å². The van der Waals surface area contributed by atoms with Crippen molar-refractivity contribution < 1.29 is 9.53 Å². The van der Waals surface area contributed by atoms with Gasteiger partial charge in [-0.05, 0) is 62.1 Å². The number of hydrogen-bond donors (Lipinski definition) is 0. The molecular weight excluding hydrogens is 298 g/mol. The highest BCUT2D eigenvalue weighted by atomic mass is 16.5. The Morgan fingerprint density at radius 2 is 1.92 bits per heavy atom. The Bertz CT molecular complexity index is 575. The van der Waals surface area contributed by atoms with Gasteiger partial charge in [-0.15, -0.1) is 0 Å². The third-order valence-corrected chi connectivity index (χ3v) is 4.76. The van der Waals surface area contributed by atoms with E-state index in [2.05, 4.69) is 19.1 Å². The molecule has 3 heteroatoms. The smallest absolute Gasteiger partial charge is 0.314 e. The average molecular weight is 325 g/mol. The minimum Gasteiger partial charge on any atom is -0.426 e. The Hall–Kier alpha value is -2.08. The molecule has 2 rings (SSSR count). The Morgan fingerprint density at radius 1 is 1.21 bits per heavy atom. The molecule has 1 aromatic carbocycles. The van der Waals surface area contributed by atoms with Crippen molar-refractivity contribution in [3.63, 3.8) is 0 Å². The minimum absolute atomic E-state index is 0.0130. The van der Waals surface area contributed by atoms with Crippen LogP contribution in [0, 0.1) is 23.2 Å². The number of carbonyl (C=O) groups excluding carboxylic acids is 1. The van der Waals surface area contributed by atoms with Crippen molar-refractivity contribution >= 4 is 5.97 Å². The maximum absolute atomic E-state index is 12.3. The van der Waals surface area contributed by atoms with E-state index in [-0.39, 0.29) is 11.9 Å². The summed E-state index contributed by atoms with van der Waals surface area (Å²) in [6.45, 7) is 2.20. The quantitative estimate of drug-likeness (QED) is 0.299. The lowest BCUT2D eigenvalue weighted by atomic mass is 9.82. The van der Waals surface area contributed by atoms with Gasteiger partial charge in [0.2, 0.25) is 0 Å². The van der Waals surface area contributed by atoms with Gasteiger partial charge in [0.05, 0.1) is 12.0 Å². The molecule has 1 aliphatic rings. The van der Waals surface area contributed by atoms with Crippen molar-refractivity contribution in [1.82, 2.24) is 0 Å². The van der Waals surface area contributed by atoms with Crippen LogP contribution in [-0.2, 0) is 11.2 Å². The molecule has 0 atom stereocenters. The van der Waals surface area contributed by atoms with Crippen LogP contribution >= 0.6 is 0 Å². The molecule has 3 nitrogen and oxygen atoms in total. The first-order valence-corrected chi connectivity index (χ1v) is 9.10. The fourth-order valence-corrected chi connectivity index (χ4v) is 3.23. The fraction of sp³-hybridized carbons (Fsp3) is 0.524. The standard InChI is InChI=1S/C21H27NO2/c1-2-3-4-6-17-10-14-20(15-11-17)24-21(23)19-12-8-18(9-13-19)7-5-16-22/h5,7,10-11,14-15,18-19H,2-4,6,8-9,12-13H2,1H3. The van der Waals surface area contributed by atoms with E-state index in [4.69, 9.17) is 10.00 Å². The molecule has 0 radical (unpaired) electrons. The van der Waals surface area contributed by atoms with Gasteiger partial charge < -0.3 is 4.74 Å². The molecule has 0 N–H and O–H groups in total. The van der Waals surface area contributed by atoms with Gasteiger partial charge >= 0.3 is 5.97 Å². The zero-order valence-electron chi connectivity index (χ0n) is 14.5. The SMILES string of the molecule is CCCCCc1ccc(OC(=O)C2CCC(C=CC#N)CC2)cc1. The van der Waals surface area contributed by atoms with E-state index >= 15 is 0 Å². The number of aryl methyl sites for hydroxylation is 1. The molecule has 1 fully saturated rings. The summed E-state index contributed by atoms with van der Waals surface area (Å²) in [6, 6.07) is 9.95. The number of nitrogens with zero attached hydrogens (tertiary/aromatic N) is 1. The lowest BCUT2D eigenvalue weighted by molar-refractivity contribution is -0.140. The number of rotatable bonds is 7. The summed E-state index contributed by atoms with van der Waals surface area (Å²) >= 11 is 0. The second-order valence-electron chi connectivity index (χ2n) is 6.62. The molecule has 0 saturated heterocycles. The maximum atomic E-state index is 12.3. The summed E-state index contributed by atoms with van der Waals surface area (Å²) in [4.78, 5) is 12.3. The molecule has 128 valence electrons. The minimum atomic E-state index is -0.114. The topological polar surface area (TPSA) is 50.1 Å². The van der Waals surface area contributed by atoms with Crippen molar-refractivity contribution in [2.24, 2.45) is 11.8 Å². The number of benzene rings is 1. The van der Waals surface area contributed by atoms with Crippen LogP contribution < -0.4 is 4.74 Å². The molecular formula is C21H27NO2. The van der Waals surface area contributed by atoms with Crippen molar-refractivity contribution in [2.45, 2.75) is 58.3 Å². The van der Waals surface area contributed by atoms with Gasteiger partial charge in [-0.25, -0.2) is 0 Å². The monoisotopic (exact) mass is 325 g/mol. The second kappa shape index (κ2) is 9.93. The molecule has 1 saturated carbocycles. The largest absolute Gasteiger partial charge is 0.426 e. The summed E-state index contributed by atoms with van der Waals surface area (Å²) in [6.07, 6.45) is 11.9. The first kappa shape index (κ1) is 18.3. The number of hydrogen-bond acceptors (Lipinski definition) is 3. The van der Waals surface area contributed by atoms with Crippen LogP contribution in [0.15, 0.2) is 36.4 Å². The summed E-state index contributed by atoms with van der Waals surface area (Å²) in [5.41, 5.74) is 1.30. The zero-order valence-corrected chi connectivity index (χ0v) is 14.5. The second-order valence-corrected chi connectivity index (χ2v) is 6.62. The summed E-state index contributed by atoms with van der Waals surface area (Å²) in [7, 11) is 0. The summed E-state index contributed by atoms with van der Waals surface area (Å²) in [5.74, 6) is 0.944. The highest BCUT2D eigenvalue weighted by Gasteiger charge is 2.26. The van der Waals surface area contributed by atoms with Crippen LogP contribution in [0.3, 0.4) is 0 Å². The number of allylic oxidation sites excluding steroid dienone is 2. The van der Waals surface area contributed by atoms with Gasteiger partial charge in [0.25, 0.3) is 0 Å². The number of esters is 1. The van der Waals surface area contributed by atoms with Gasteiger partial charge in [-0.1, -0.05) is 38.0 Å². The highest BCUT2D eigenvalue weighted by Crippen LogP contribution is 2.30. The van der Waals surface area contributed by atoms with E-state index in [1.165, 1.54) is 24.8 Å². The highest BCUT2D eigenvalue weighted by molar-refractivity contribution is 5.75. The van der Waals surface area contributed by atoms with Gasteiger partial charge in [-0.2, -0.15) is 5.26 Å². The van der Waals surface area contributed by atoms with Crippen molar-refractivity contribution in [3.05, 3.63) is 42.0 Å². The van der Waals surface area contributed by atoms with Crippen molar-refractivity contribution in [3.8, 4) is 11.8 Å². The van der Waals surface area contributed by atoms with Crippen LogP contribution in [0.2, 0.25) is 0 Å². The molecule has 0 bridgehead atoms. The molecule has 0 unspecified atom stereocenters. The Labute approximate surface area is 145 Å². The third kappa shape index (κ3) is 5.85. The molecule has 0 aromatic heterocycles. The lowest BCUT2D eigenvalue weighted by Gasteiger charge is -2.25. The summed E-state index contributed by atoms with van der Waals surface area (Å²) in [5, 5.41) is 8.57. The summed E-state index contributed by atoms with van der Waals surface area (Å²) < 4.78 is 5.54. The van der Waals surface area contributed by atoms with Crippen LogP contribution in [0.1, 0.15) is 57.4 Å². The molecule has 1 aromatic rings. The number of nitriles is 1. The average Bonchev–Trinajstić information content (AvgIpc) is 2.62. The lowest BCUT2D eigenvalue weighted by Crippen LogP contribution is -2.25. The van der Waals surface area contributed by atoms with E-state index in [0.717, 1.165) is 32.1 Å². The Morgan fingerprint density at radius 3 is 2.54 bits per heavy atom. The van der Waals surface area contributed by atoms with E-state index in [1.54, 1.807) is 6.08 Å². The van der Waals surface area contributed by atoms with Crippen LogP contribution in [0.4, 0.5) is 0 Å². The van der Waals surface area contributed by atoms with Crippen molar-refractivity contribution in [1.29, 1.82) is 5.26 Å². The molecule has 24 heavy (non-hydrogen) atoms. The zero-order chi connectivity index (χ0) is 17.2. The van der Waals surface area contributed by atoms with Crippen LogP contribution in [-0.4, -0.2) is 5.97 Å². The Balaban J connectivity index is 1.78. The van der Waals surface area contributed by atoms with Gasteiger partial charge in [-0.3, -0.25) is 4.79 Å².